The quantitative estimate of drug-likeness (QED) is 0.0208. The zero-order chi connectivity index (χ0) is 62.2. The van der Waals surface area contributed by atoms with Crippen LogP contribution < -0.4 is 16.4 Å². The summed E-state index contributed by atoms with van der Waals surface area (Å²) in [6, 6.07) is -0.841. The van der Waals surface area contributed by atoms with Gasteiger partial charge in [-0.2, -0.15) is 0 Å². The molecular weight excluding hydrogens is 1080 g/mol. The summed E-state index contributed by atoms with van der Waals surface area (Å²) in [5.74, 6) is -1.84. The fourth-order valence-corrected chi connectivity index (χ4v) is 7.94. The van der Waals surface area contributed by atoms with Gasteiger partial charge in [0.25, 0.3) is 0 Å². The monoisotopic (exact) mass is 1200 g/mol. The highest BCUT2D eigenvalue weighted by Crippen LogP contribution is 2.18. The third-order valence-corrected chi connectivity index (χ3v) is 12.9. The second-order valence-corrected chi connectivity index (χ2v) is 21.0. The van der Waals surface area contributed by atoms with Crippen molar-refractivity contribution >= 4 is 42.0 Å². The highest BCUT2D eigenvalue weighted by molar-refractivity contribution is 5.78. The zero-order valence-electron chi connectivity index (χ0n) is 52.8. The number of nitrogens with zero attached hydrogens (tertiary/aromatic N) is 4. The van der Waals surface area contributed by atoms with Crippen molar-refractivity contribution in [3.05, 3.63) is 37.4 Å². The minimum absolute atomic E-state index is 0. The van der Waals surface area contributed by atoms with Crippen LogP contribution in [0.5, 0.6) is 0 Å². The number of carbonyl (C=O) groups excluding carboxylic acids is 7. The van der Waals surface area contributed by atoms with Crippen LogP contribution >= 0.6 is 0 Å². The number of methoxy groups -OCH3 is 1. The van der Waals surface area contributed by atoms with E-state index in [0.29, 0.717) is 45.1 Å². The summed E-state index contributed by atoms with van der Waals surface area (Å²) in [4.78, 5) is 91.6. The molecule has 2 aromatic heterocycles. The Hall–Kier alpha value is -5.41. The first-order valence-corrected chi connectivity index (χ1v) is 31.4. The van der Waals surface area contributed by atoms with Gasteiger partial charge in [0.1, 0.15) is 51.2 Å². The van der Waals surface area contributed by atoms with Gasteiger partial charge >= 0.3 is 42.0 Å². The number of nitrogens with two attached hydrogens (primary N) is 1. The van der Waals surface area contributed by atoms with E-state index < -0.39 is 47.9 Å². The minimum atomic E-state index is -0.995. The third kappa shape index (κ3) is 48.9. The molecule has 2 rings (SSSR count). The molecule has 0 fully saturated rings. The molecule has 21 heteroatoms. The van der Waals surface area contributed by atoms with Crippen LogP contribution in [0.25, 0.3) is 0 Å². The molecule has 0 aliphatic rings. The highest BCUT2D eigenvalue weighted by Gasteiger charge is 2.34. The van der Waals surface area contributed by atoms with Gasteiger partial charge in [-0.15, -0.1) is 0 Å². The highest BCUT2D eigenvalue weighted by atomic mass is 16.6. The van der Waals surface area contributed by atoms with Crippen molar-refractivity contribution in [2.75, 3.05) is 40.1 Å². The third-order valence-electron chi connectivity index (χ3n) is 12.9. The van der Waals surface area contributed by atoms with Crippen molar-refractivity contribution < 1.29 is 67.1 Å². The summed E-state index contributed by atoms with van der Waals surface area (Å²) < 4.78 is 33.9. The zero-order valence-corrected chi connectivity index (χ0v) is 52.8. The maximum atomic E-state index is 13.2. The van der Waals surface area contributed by atoms with Crippen LogP contribution in [0, 0.1) is 0 Å². The van der Waals surface area contributed by atoms with E-state index in [-0.39, 0.29) is 64.7 Å². The Labute approximate surface area is 506 Å². The van der Waals surface area contributed by atoms with Gasteiger partial charge in [0, 0.05) is 50.5 Å². The topological polar surface area (TPSA) is 281 Å². The first-order chi connectivity index (χ1) is 40.0. The summed E-state index contributed by atoms with van der Waals surface area (Å²) >= 11 is 0. The van der Waals surface area contributed by atoms with E-state index in [1.54, 1.807) is 31.7 Å². The summed E-state index contributed by atoms with van der Waals surface area (Å²) in [6.07, 6.45) is 35.0. The number of imidazole rings is 2. The summed E-state index contributed by atoms with van der Waals surface area (Å²) in [6.45, 7) is 16.5. The molecule has 0 saturated carbocycles. The molecular formula is C63H117N7O14. The smallest absolute Gasteiger partial charge is 0.409 e. The van der Waals surface area contributed by atoms with Gasteiger partial charge in [-0.3, -0.25) is 38.4 Å². The number of aliphatic hydroxyl groups excluding tert-OH is 1. The lowest BCUT2D eigenvalue weighted by Gasteiger charge is -2.35. The Kier molecular flexibility index (Phi) is 57.2. The lowest BCUT2D eigenvalue weighted by molar-refractivity contribution is -0.154. The molecule has 2 unspecified atom stereocenters. The van der Waals surface area contributed by atoms with Gasteiger partial charge < -0.3 is 44.6 Å². The molecule has 21 nitrogen and oxygen atoms in total. The first-order valence-electron chi connectivity index (χ1n) is 31.4. The van der Waals surface area contributed by atoms with Crippen LogP contribution in [0.15, 0.2) is 37.4 Å². The van der Waals surface area contributed by atoms with Crippen LogP contribution in [0.2, 0.25) is 0 Å². The number of hydrogen-bond donors (Lipinski definition) is 4. The van der Waals surface area contributed by atoms with Gasteiger partial charge in [0.05, 0.1) is 12.8 Å². The normalized spacial score (nSPS) is 11.6. The number of alkyl carbamates (subject to hydrolysis) is 1. The van der Waals surface area contributed by atoms with Crippen molar-refractivity contribution in [3.8, 4) is 0 Å². The average molecular weight is 1200 g/mol. The number of unbranched alkanes of at least 4 members (excludes halogenated alkanes) is 18. The number of aromatic nitrogens is 4. The van der Waals surface area contributed by atoms with Crippen LogP contribution in [0.3, 0.4) is 0 Å². The number of amides is 1. The number of aliphatic hydroxyl groups is 1. The largest absolute Gasteiger partial charge is 0.468 e. The molecule has 2 aromatic rings. The second kappa shape index (κ2) is 58.0. The number of carbonyl (C=O) groups is 7. The molecule has 0 spiro atoms. The number of nitrogens with one attached hydrogen (secondary N) is 2. The predicted molar refractivity (Wildman–Crippen MR) is 330 cm³/mol. The van der Waals surface area contributed by atoms with E-state index in [0.717, 1.165) is 103 Å². The van der Waals surface area contributed by atoms with E-state index in [9.17, 15) is 38.7 Å². The number of esters is 5. The molecule has 84 heavy (non-hydrogen) atoms. The van der Waals surface area contributed by atoms with Gasteiger partial charge in [-0.1, -0.05) is 178 Å². The van der Waals surface area contributed by atoms with Gasteiger partial charge in [-0.05, 0) is 64.8 Å². The summed E-state index contributed by atoms with van der Waals surface area (Å²) in [5, 5.41) is 15.7. The number of ether oxygens (including phenoxy) is 6. The second-order valence-electron chi connectivity index (χ2n) is 21.0. The van der Waals surface area contributed by atoms with Crippen LogP contribution in [0.1, 0.15) is 262 Å². The summed E-state index contributed by atoms with van der Waals surface area (Å²) in [7, 11) is 1.33. The molecule has 0 bridgehead atoms. The van der Waals surface area contributed by atoms with E-state index >= 15 is 0 Å². The van der Waals surface area contributed by atoms with Gasteiger partial charge in [-0.25, -0.2) is 19.6 Å². The Morgan fingerprint density at radius 1 is 0.536 bits per heavy atom. The van der Waals surface area contributed by atoms with Crippen molar-refractivity contribution in [2.45, 2.75) is 286 Å². The average Bonchev–Trinajstić information content (AvgIpc) is 4.38. The number of hydrogen-bond acceptors (Lipinski definition) is 18. The molecule has 488 valence electrons. The Bertz CT molecular complexity index is 1790. The van der Waals surface area contributed by atoms with Gasteiger partial charge in [0.2, 0.25) is 0 Å². The maximum absolute atomic E-state index is 13.2. The van der Waals surface area contributed by atoms with Gasteiger partial charge in [0.15, 0.2) is 6.10 Å². The predicted octanol–water partition coefficient (Wildman–Crippen LogP) is 12.9. The van der Waals surface area contributed by atoms with E-state index in [1.807, 2.05) is 13.8 Å². The van der Waals surface area contributed by atoms with Crippen LogP contribution in [-0.2, 0) is 52.4 Å². The lowest BCUT2D eigenvalue weighted by Crippen LogP contribution is -2.61. The fraction of sp³-hybridized carbons (Fsp3) is 0.794. The Morgan fingerprint density at radius 2 is 0.905 bits per heavy atom. The van der Waals surface area contributed by atoms with Crippen molar-refractivity contribution in [2.24, 2.45) is 5.73 Å². The lowest BCUT2D eigenvalue weighted by atomic mass is 10.00. The molecule has 1 amide bonds. The standard InChI is InChI=1S/C31H59N3O8.C15H28O5.C9H20.C7H6N4O.CH4/c1-6-9-12-16-21-31(4,33-26(29(37)39-5)18-15-17-22-32)34-30(38)42-25(23-40-27(35)19-13-10-7-2)24-41-28(36)20-14-11-8-3;1-3-5-7-9-14(17)19-11-13(16)12-20-15(18)10-8-6-4-2;1-3-5-7-9-8-6-4-2;12-7(10-3-1-8-5-10)11-4-2-9-6-11;/h25-26,33H,6-24,32H2,1-5H3,(H,34,38);13,16H,3-12H2,1-2H3;3-9H2,1-2H3;1-6H;1H4. The Morgan fingerprint density at radius 3 is 1.26 bits per heavy atom. The van der Waals surface area contributed by atoms with Crippen LogP contribution in [-0.4, -0.2) is 130 Å². The molecule has 0 aliphatic heterocycles. The van der Waals surface area contributed by atoms with E-state index in [2.05, 4.69) is 55.2 Å². The molecule has 2 heterocycles. The van der Waals surface area contributed by atoms with Crippen molar-refractivity contribution in [1.29, 1.82) is 0 Å². The molecule has 0 aromatic carbocycles. The molecule has 5 N–H and O–H groups in total. The van der Waals surface area contributed by atoms with Crippen molar-refractivity contribution in [1.82, 2.24) is 29.7 Å². The van der Waals surface area contributed by atoms with Crippen molar-refractivity contribution in [3.63, 3.8) is 0 Å². The molecule has 0 aliphatic carbocycles. The fourth-order valence-electron chi connectivity index (χ4n) is 7.94. The number of rotatable bonds is 44. The minimum Gasteiger partial charge on any atom is -0.468 e. The van der Waals surface area contributed by atoms with E-state index in [1.165, 1.54) is 73.8 Å². The molecule has 0 radical (unpaired) electrons. The molecule has 2 atom stereocenters. The SMILES string of the molecule is C.CCCCCC(=O)OCC(O)COC(=O)CCCCC.CCCCCCC(C)(NC(=O)OC(COC(=O)CCCCC)COC(=O)CCCCC)NC(CCCCN)C(=O)OC.CCCCCCCCC.O=C(n1ccnc1)n1ccnc1. The molecule has 0 saturated heterocycles. The summed E-state index contributed by atoms with van der Waals surface area (Å²) in [5.41, 5.74) is 4.64. The first kappa shape index (κ1) is 82.8. The van der Waals surface area contributed by atoms with E-state index in [4.69, 9.17) is 34.2 Å². The Balaban J connectivity index is -0.00000126. The maximum Gasteiger partial charge on any atom is 0.409 e. The van der Waals surface area contributed by atoms with Crippen LogP contribution in [0.4, 0.5) is 9.59 Å².